The minimum absolute atomic E-state index is 0.0287. The fourth-order valence-electron chi connectivity index (χ4n) is 5.55. The smallest absolute Gasteiger partial charge is 0.335 e. The monoisotopic (exact) mass is 606 g/mol. The molecule has 2 aromatic heterocycles. The highest BCUT2D eigenvalue weighted by atomic mass is 19.1. The van der Waals surface area contributed by atoms with Crippen molar-refractivity contribution < 1.29 is 32.5 Å². The van der Waals surface area contributed by atoms with Crippen molar-refractivity contribution in [1.29, 1.82) is 5.26 Å². The molecule has 2 aromatic carbocycles. The lowest BCUT2D eigenvalue weighted by Crippen LogP contribution is -2.48. The van der Waals surface area contributed by atoms with Crippen LogP contribution in [0.15, 0.2) is 42.5 Å². The van der Waals surface area contributed by atoms with Crippen LogP contribution in [0.3, 0.4) is 0 Å². The quantitative estimate of drug-likeness (QED) is 0.290. The number of hydrogen-bond donors (Lipinski definition) is 1. The first-order chi connectivity index (χ1) is 21.2. The van der Waals surface area contributed by atoms with E-state index in [1.54, 1.807) is 17.0 Å². The molecule has 4 heterocycles. The molecule has 2 fully saturated rings. The van der Waals surface area contributed by atoms with Gasteiger partial charge in [0.25, 0.3) is 5.88 Å². The molecule has 4 aromatic rings. The zero-order valence-electron chi connectivity index (χ0n) is 23.8. The van der Waals surface area contributed by atoms with E-state index in [-0.39, 0.29) is 41.3 Å². The van der Waals surface area contributed by atoms with E-state index in [1.165, 1.54) is 18.2 Å². The van der Waals surface area contributed by atoms with E-state index >= 15 is 0 Å². The van der Waals surface area contributed by atoms with Crippen LogP contribution in [0.25, 0.3) is 11.0 Å². The first-order valence-corrected chi connectivity index (χ1v) is 14.2. The number of nitrogens with zero attached hydrogens (tertiary/aromatic N) is 6. The van der Waals surface area contributed by atoms with E-state index in [0.29, 0.717) is 50.9 Å². The van der Waals surface area contributed by atoms with Gasteiger partial charge in [0.15, 0.2) is 17.5 Å². The molecular formula is C31H29F3N6O4. The van der Waals surface area contributed by atoms with Gasteiger partial charge in [-0.2, -0.15) is 10.2 Å². The normalized spacial score (nSPS) is 17.7. The Morgan fingerprint density at radius 3 is 2.52 bits per heavy atom. The summed E-state index contributed by atoms with van der Waals surface area (Å²) in [7, 11) is 0. The largest absolute Gasteiger partial charge is 0.478 e. The van der Waals surface area contributed by atoms with Crippen LogP contribution in [0.1, 0.15) is 46.7 Å². The molecule has 0 amide bonds. The summed E-state index contributed by atoms with van der Waals surface area (Å²) in [5.74, 6) is -3.26. The Morgan fingerprint density at radius 2 is 1.86 bits per heavy atom. The van der Waals surface area contributed by atoms with Gasteiger partial charge in [-0.05, 0) is 43.7 Å². The Morgan fingerprint density at radius 1 is 1.09 bits per heavy atom. The maximum Gasteiger partial charge on any atom is 0.335 e. The molecule has 6 rings (SSSR count). The summed E-state index contributed by atoms with van der Waals surface area (Å²) >= 11 is 0. The van der Waals surface area contributed by atoms with Crippen LogP contribution in [0.4, 0.5) is 19.0 Å². The van der Waals surface area contributed by atoms with Crippen molar-refractivity contribution in [2.75, 3.05) is 37.7 Å². The number of aromatic carboxylic acids is 1. The first kappa shape index (κ1) is 29.4. The van der Waals surface area contributed by atoms with Crippen molar-refractivity contribution in [3.8, 4) is 11.9 Å². The number of ether oxygens (including phenoxy) is 2. The Balaban J connectivity index is 1.17. The van der Waals surface area contributed by atoms with Gasteiger partial charge < -0.3 is 24.0 Å². The molecule has 1 unspecified atom stereocenters. The molecule has 2 atom stereocenters. The number of anilines is 1. The van der Waals surface area contributed by atoms with Crippen LogP contribution in [-0.2, 0) is 17.9 Å². The van der Waals surface area contributed by atoms with Crippen molar-refractivity contribution in [2.24, 2.45) is 0 Å². The lowest BCUT2D eigenvalue weighted by atomic mass is 10.1. The number of piperazine rings is 1. The van der Waals surface area contributed by atoms with Crippen LogP contribution in [0.5, 0.6) is 5.88 Å². The van der Waals surface area contributed by atoms with Gasteiger partial charge in [0, 0.05) is 44.4 Å². The molecule has 2 saturated heterocycles. The first-order valence-electron chi connectivity index (χ1n) is 14.2. The summed E-state index contributed by atoms with van der Waals surface area (Å²) < 4.78 is 56.8. The van der Waals surface area contributed by atoms with Gasteiger partial charge in [-0.1, -0.05) is 6.07 Å². The average Bonchev–Trinajstić information content (AvgIpc) is 3.36. The summed E-state index contributed by atoms with van der Waals surface area (Å²) in [5.41, 5.74) is 1.85. The van der Waals surface area contributed by atoms with Crippen molar-refractivity contribution in [2.45, 2.75) is 38.6 Å². The maximum absolute atomic E-state index is 14.9. The van der Waals surface area contributed by atoms with E-state index < -0.39 is 29.3 Å². The molecule has 0 saturated carbocycles. The van der Waals surface area contributed by atoms with E-state index in [2.05, 4.69) is 9.88 Å². The molecule has 10 nitrogen and oxygen atoms in total. The van der Waals surface area contributed by atoms with Gasteiger partial charge in [-0.15, -0.1) is 0 Å². The number of aromatic nitrogens is 3. The second-order valence-corrected chi connectivity index (χ2v) is 10.9. The fourth-order valence-corrected chi connectivity index (χ4v) is 5.55. The Kier molecular flexibility index (Phi) is 8.11. The molecule has 0 radical (unpaired) electrons. The molecule has 2 aliphatic heterocycles. The second-order valence-electron chi connectivity index (χ2n) is 10.9. The highest BCUT2D eigenvalue weighted by Gasteiger charge is 2.30. The van der Waals surface area contributed by atoms with E-state index in [4.69, 9.17) is 19.7 Å². The lowest BCUT2D eigenvalue weighted by molar-refractivity contribution is -0.0594. The lowest BCUT2D eigenvalue weighted by Gasteiger charge is -2.38. The molecule has 228 valence electrons. The van der Waals surface area contributed by atoms with Crippen LogP contribution in [0, 0.1) is 28.8 Å². The standard InChI is InChI=1S/C31H29F3N6O4/c1-18(28-36-26-5-4-20(31(41)42)13-27(26)40(28)16-22-6-11-43-22)38-7-9-39(10-8-38)29-24(33)14-25(34)30(37-29)44-17-21-3-2-19(15-35)12-23(21)32/h2-5,12-14,18,22H,6-11,16-17H2,1H3,(H,41,42)/t18-,22?/m0/s1. The summed E-state index contributed by atoms with van der Waals surface area (Å²) in [4.78, 5) is 24.5. The van der Waals surface area contributed by atoms with Gasteiger partial charge in [0.2, 0.25) is 0 Å². The van der Waals surface area contributed by atoms with Crippen LogP contribution in [-0.4, -0.2) is 69.4 Å². The number of carboxylic acids is 1. The highest BCUT2D eigenvalue weighted by Crippen LogP contribution is 2.31. The third-order valence-corrected chi connectivity index (χ3v) is 8.16. The third kappa shape index (κ3) is 5.78. The number of benzene rings is 2. The molecule has 0 bridgehead atoms. The van der Waals surface area contributed by atoms with Crippen molar-refractivity contribution in [3.05, 3.63) is 82.4 Å². The molecule has 0 aliphatic carbocycles. The summed E-state index contributed by atoms with van der Waals surface area (Å²) in [6.45, 7) is 4.75. The predicted octanol–water partition coefficient (Wildman–Crippen LogP) is 4.67. The SMILES string of the molecule is C[C@@H](c1nc2ccc(C(=O)O)cc2n1CC1CCO1)N1CCN(c2nc(OCc3ccc(C#N)cc3F)c(F)cc2F)CC1. The molecule has 44 heavy (non-hydrogen) atoms. The molecule has 0 spiro atoms. The molecule has 1 N–H and O–H groups in total. The summed E-state index contributed by atoms with van der Waals surface area (Å²) in [6.07, 6.45) is 0.941. The number of imidazole rings is 1. The molecular weight excluding hydrogens is 577 g/mol. The number of halogens is 3. The molecule has 13 heteroatoms. The number of carboxylic acid groups (broad SMARTS) is 1. The van der Waals surface area contributed by atoms with Gasteiger partial charge in [0.05, 0.1) is 46.9 Å². The highest BCUT2D eigenvalue weighted by molar-refractivity contribution is 5.92. The van der Waals surface area contributed by atoms with Crippen molar-refractivity contribution in [1.82, 2.24) is 19.4 Å². The second kappa shape index (κ2) is 12.1. The Hall–Kier alpha value is -4.67. The zero-order valence-corrected chi connectivity index (χ0v) is 23.8. The number of hydrogen-bond acceptors (Lipinski definition) is 8. The van der Waals surface area contributed by atoms with Crippen molar-refractivity contribution in [3.63, 3.8) is 0 Å². The summed E-state index contributed by atoms with van der Waals surface area (Å²) in [5, 5.41) is 18.4. The Bertz CT molecular complexity index is 1760. The number of carbonyl (C=O) groups is 1. The van der Waals surface area contributed by atoms with Crippen molar-refractivity contribution >= 4 is 22.8 Å². The number of fused-ring (bicyclic) bond motifs is 1. The topological polar surface area (TPSA) is 117 Å². The molecule has 2 aliphatic rings. The van der Waals surface area contributed by atoms with E-state index in [0.717, 1.165) is 23.8 Å². The van der Waals surface area contributed by atoms with Crippen LogP contribution < -0.4 is 9.64 Å². The van der Waals surface area contributed by atoms with Crippen LogP contribution >= 0.6 is 0 Å². The summed E-state index contributed by atoms with van der Waals surface area (Å²) in [6, 6.07) is 11.1. The number of nitriles is 1. The average molecular weight is 607 g/mol. The van der Waals surface area contributed by atoms with Crippen LogP contribution in [0.2, 0.25) is 0 Å². The third-order valence-electron chi connectivity index (χ3n) is 8.16. The maximum atomic E-state index is 14.9. The predicted molar refractivity (Wildman–Crippen MR) is 153 cm³/mol. The number of rotatable bonds is 9. The van der Waals surface area contributed by atoms with E-state index in [1.807, 2.05) is 17.6 Å². The Labute approximate surface area is 250 Å². The van der Waals surface area contributed by atoms with E-state index in [9.17, 15) is 23.1 Å². The minimum Gasteiger partial charge on any atom is -0.478 e. The minimum atomic E-state index is -1.01. The van der Waals surface area contributed by atoms with Gasteiger partial charge in [-0.25, -0.2) is 22.9 Å². The van der Waals surface area contributed by atoms with Gasteiger partial charge >= 0.3 is 5.97 Å². The van der Waals surface area contributed by atoms with Gasteiger partial charge in [0.1, 0.15) is 18.2 Å². The number of pyridine rings is 1. The zero-order chi connectivity index (χ0) is 31.0. The fraction of sp³-hybridized carbons (Fsp3) is 0.355. The van der Waals surface area contributed by atoms with Gasteiger partial charge in [-0.3, -0.25) is 4.90 Å².